The minimum absolute atomic E-state index is 0. The van der Waals surface area contributed by atoms with Crippen LogP contribution in [0.5, 0.6) is 0 Å². The number of hydrogen-bond acceptors (Lipinski definition) is 3. The van der Waals surface area contributed by atoms with Gasteiger partial charge in [-0.3, -0.25) is 4.79 Å². The predicted molar refractivity (Wildman–Crippen MR) is 57.5 cm³/mol. The second-order valence-electron chi connectivity index (χ2n) is 2.72. The van der Waals surface area contributed by atoms with Gasteiger partial charge in [0, 0.05) is 6.54 Å². The maximum absolute atomic E-state index is 11.2. The monoisotopic (exact) mass is 215 g/mol. The van der Waals surface area contributed by atoms with Crippen molar-refractivity contribution < 1.29 is 9.53 Å². The maximum Gasteiger partial charge on any atom is 0.314 e. The minimum Gasteiger partial charge on any atom is -0.469 e. The van der Waals surface area contributed by atoms with Crippen LogP contribution >= 0.6 is 12.4 Å². The number of halogens is 1. The van der Waals surface area contributed by atoms with Crippen LogP contribution in [-0.2, 0) is 9.53 Å². The molecule has 1 rings (SSSR count). The first kappa shape index (κ1) is 12.9. The van der Waals surface area contributed by atoms with E-state index in [1.54, 1.807) is 0 Å². The van der Waals surface area contributed by atoms with Gasteiger partial charge in [0.25, 0.3) is 0 Å². The molecule has 1 aromatic carbocycles. The van der Waals surface area contributed by atoms with E-state index in [0.717, 1.165) is 5.56 Å². The Labute approximate surface area is 89.7 Å². The van der Waals surface area contributed by atoms with Crippen molar-refractivity contribution in [1.29, 1.82) is 0 Å². The molecule has 0 spiro atoms. The first-order valence-electron chi connectivity index (χ1n) is 4.12. The molecule has 0 aliphatic heterocycles. The number of nitrogens with two attached hydrogens (primary N) is 1. The van der Waals surface area contributed by atoms with Crippen molar-refractivity contribution in [3.8, 4) is 0 Å². The van der Waals surface area contributed by atoms with Gasteiger partial charge in [-0.15, -0.1) is 12.4 Å². The quantitative estimate of drug-likeness (QED) is 0.774. The Morgan fingerprint density at radius 2 is 2.00 bits per heavy atom. The minimum atomic E-state index is -0.341. The standard InChI is InChI=1S/C10H13NO2.ClH/c1-13-10(12)9(7-11)8-5-3-2-4-6-8;/h2-6,9H,7,11H2,1H3;1H/t9-;/m1./s1. The number of benzene rings is 1. The Balaban J connectivity index is 0.00000169. The summed E-state index contributed by atoms with van der Waals surface area (Å²) in [6.45, 7) is 0.274. The summed E-state index contributed by atoms with van der Waals surface area (Å²) in [7, 11) is 1.37. The van der Waals surface area contributed by atoms with Crippen molar-refractivity contribution in [1.82, 2.24) is 0 Å². The number of carbonyl (C=O) groups excluding carboxylic acids is 1. The predicted octanol–water partition coefficient (Wildman–Crippen LogP) is 1.32. The summed E-state index contributed by atoms with van der Waals surface area (Å²) >= 11 is 0. The van der Waals surface area contributed by atoms with Gasteiger partial charge in [-0.1, -0.05) is 30.3 Å². The molecule has 2 N–H and O–H groups in total. The van der Waals surface area contributed by atoms with Crippen LogP contribution in [0.2, 0.25) is 0 Å². The topological polar surface area (TPSA) is 52.3 Å². The van der Waals surface area contributed by atoms with E-state index in [0.29, 0.717) is 0 Å². The molecule has 0 amide bonds. The van der Waals surface area contributed by atoms with Crippen LogP contribution in [0.4, 0.5) is 0 Å². The van der Waals surface area contributed by atoms with Crippen molar-refractivity contribution in [2.45, 2.75) is 5.92 Å². The first-order chi connectivity index (χ1) is 6.29. The fourth-order valence-electron chi connectivity index (χ4n) is 1.20. The third kappa shape index (κ3) is 3.01. The molecule has 1 aromatic rings. The Hall–Kier alpha value is -1.06. The Morgan fingerprint density at radius 3 is 2.43 bits per heavy atom. The van der Waals surface area contributed by atoms with Crippen LogP contribution in [0.3, 0.4) is 0 Å². The molecule has 3 nitrogen and oxygen atoms in total. The van der Waals surface area contributed by atoms with Gasteiger partial charge in [-0.05, 0) is 5.56 Å². The molecule has 0 saturated carbocycles. The first-order valence-corrected chi connectivity index (χ1v) is 4.12. The lowest BCUT2D eigenvalue weighted by atomic mass is 10.00. The summed E-state index contributed by atoms with van der Waals surface area (Å²) in [4.78, 5) is 11.2. The molecule has 0 aromatic heterocycles. The van der Waals surface area contributed by atoms with Crippen LogP contribution in [0.1, 0.15) is 11.5 Å². The van der Waals surface area contributed by atoms with Crippen LogP contribution in [0.15, 0.2) is 30.3 Å². The number of hydrogen-bond donors (Lipinski definition) is 1. The van der Waals surface area contributed by atoms with Crippen LogP contribution < -0.4 is 5.73 Å². The SMILES string of the molecule is COC(=O)[C@H](CN)c1ccccc1.Cl. The van der Waals surface area contributed by atoms with Crippen molar-refractivity contribution in [2.24, 2.45) is 5.73 Å². The van der Waals surface area contributed by atoms with Crippen molar-refractivity contribution in [3.05, 3.63) is 35.9 Å². The van der Waals surface area contributed by atoms with Gasteiger partial charge in [0.15, 0.2) is 0 Å². The van der Waals surface area contributed by atoms with Gasteiger partial charge in [0.2, 0.25) is 0 Å². The van der Waals surface area contributed by atoms with E-state index in [1.807, 2.05) is 30.3 Å². The largest absolute Gasteiger partial charge is 0.469 e. The highest BCUT2D eigenvalue weighted by Gasteiger charge is 2.18. The fraction of sp³-hybridized carbons (Fsp3) is 0.300. The number of methoxy groups -OCH3 is 1. The van der Waals surface area contributed by atoms with E-state index in [9.17, 15) is 4.79 Å². The third-order valence-electron chi connectivity index (χ3n) is 1.92. The molecule has 0 aliphatic rings. The zero-order chi connectivity index (χ0) is 9.68. The van der Waals surface area contributed by atoms with Gasteiger partial charge >= 0.3 is 5.97 Å². The summed E-state index contributed by atoms with van der Waals surface area (Å²) in [5.41, 5.74) is 6.38. The normalized spacial score (nSPS) is 11.3. The smallest absolute Gasteiger partial charge is 0.314 e. The van der Waals surface area contributed by atoms with E-state index in [1.165, 1.54) is 7.11 Å². The lowest BCUT2D eigenvalue weighted by Crippen LogP contribution is -2.22. The zero-order valence-corrected chi connectivity index (χ0v) is 8.79. The van der Waals surface area contributed by atoms with Crippen LogP contribution in [0, 0.1) is 0 Å². The van der Waals surface area contributed by atoms with Crippen molar-refractivity contribution in [2.75, 3.05) is 13.7 Å². The lowest BCUT2D eigenvalue weighted by molar-refractivity contribution is -0.142. The molecular weight excluding hydrogens is 202 g/mol. The van der Waals surface area contributed by atoms with Crippen molar-refractivity contribution >= 4 is 18.4 Å². The summed E-state index contributed by atoms with van der Waals surface area (Å²) in [5, 5.41) is 0. The highest BCUT2D eigenvalue weighted by Crippen LogP contribution is 2.14. The summed E-state index contributed by atoms with van der Waals surface area (Å²) < 4.78 is 4.64. The average Bonchev–Trinajstić information content (AvgIpc) is 2.20. The molecule has 0 unspecified atom stereocenters. The van der Waals surface area contributed by atoms with Gasteiger partial charge in [0.05, 0.1) is 13.0 Å². The van der Waals surface area contributed by atoms with Gasteiger partial charge in [0.1, 0.15) is 0 Å². The van der Waals surface area contributed by atoms with Gasteiger partial charge < -0.3 is 10.5 Å². The zero-order valence-electron chi connectivity index (χ0n) is 7.97. The molecule has 78 valence electrons. The van der Waals surface area contributed by atoms with E-state index < -0.39 is 0 Å². The molecule has 0 heterocycles. The van der Waals surface area contributed by atoms with Crippen LogP contribution in [-0.4, -0.2) is 19.6 Å². The molecule has 1 atom stereocenters. The highest BCUT2D eigenvalue weighted by molar-refractivity contribution is 5.85. The second-order valence-corrected chi connectivity index (χ2v) is 2.72. The molecule has 0 radical (unpaired) electrons. The molecule has 4 heteroatoms. The molecule has 0 bridgehead atoms. The average molecular weight is 216 g/mol. The van der Waals surface area contributed by atoms with E-state index in [4.69, 9.17) is 5.73 Å². The molecule has 14 heavy (non-hydrogen) atoms. The molecule has 0 fully saturated rings. The summed E-state index contributed by atoms with van der Waals surface area (Å²) in [6, 6.07) is 9.39. The molecule has 0 aliphatic carbocycles. The Kier molecular flexibility index (Phi) is 5.92. The fourth-order valence-corrected chi connectivity index (χ4v) is 1.20. The van der Waals surface area contributed by atoms with Crippen LogP contribution in [0.25, 0.3) is 0 Å². The Morgan fingerprint density at radius 1 is 1.43 bits per heavy atom. The number of rotatable bonds is 3. The van der Waals surface area contributed by atoms with E-state index in [-0.39, 0.29) is 30.8 Å². The Bertz CT molecular complexity index is 277. The summed E-state index contributed by atoms with van der Waals surface area (Å²) in [6.07, 6.45) is 0. The van der Waals surface area contributed by atoms with E-state index >= 15 is 0 Å². The van der Waals surface area contributed by atoms with E-state index in [2.05, 4.69) is 4.74 Å². The number of esters is 1. The number of carbonyl (C=O) groups is 1. The van der Waals surface area contributed by atoms with Crippen molar-refractivity contribution in [3.63, 3.8) is 0 Å². The highest BCUT2D eigenvalue weighted by atomic mass is 35.5. The third-order valence-corrected chi connectivity index (χ3v) is 1.92. The number of ether oxygens (including phenoxy) is 1. The maximum atomic E-state index is 11.2. The second kappa shape index (κ2) is 6.40. The molecular formula is C10H14ClNO2. The molecule has 0 saturated heterocycles. The lowest BCUT2D eigenvalue weighted by Gasteiger charge is -2.11. The van der Waals surface area contributed by atoms with Gasteiger partial charge in [-0.2, -0.15) is 0 Å². The van der Waals surface area contributed by atoms with Gasteiger partial charge in [-0.25, -0.2) is 0 Å². The summed E-state index contributed by atoms with van der Waals surface area (Å²) in [5.74, 6) is -0.625.